The molecule has 1 atom stereocenters. The Morgan fingerprint density at radius 3 is 2.68 bits per heavy atom. The molecular formula is C19H27ClN2O3. The van der Waals surface area contributed by atoms with Crippen LogP contribution in [0, 0.1) is 12.8 Å². The van der Waals surface area contributed by atoms with Crippen LogP contribution in [0.4, 0.5) is 0 Å². The number of carbonyl (C=O) groups is 2. The average molecular weight is 367 g/mol. The molecule has 5 nitrogen and oxygen atoms in total. The number of carbonyl (C=O) groups excluding carboxylic acids is 2. The molecule has 2 rings (SSSR count). The Bertz CT molecular complexity index is 633. The van der Waals surface area contributed by atoms with Crippen molar-refractivity contribution >= 4 is 23.4 Å². The van der Waals surface area contributed by atoms with Crippen molar-refractivity contribution in [2.24, 2.45) is 5.92 Å². The lowest BCUT2D eigenvalue weighted by molar-refractivity contribution is -0.156. The van der Waals surface area contributed by atoms with Crippen molar-refractivity contribution in [3.63, 3.8) is 0 Å². The third-order valence-electron chi connectivity index (χ3n) is 4.37. The molecule has 0 aromatic heterocycles. The van der Waals surface area contributed by atoms with E-state index in [1.807, 2.05) is 26.0 Å². The highest BCUT2D eigenvalue weighted by Gasteiger charge is 2.38. The number of hydrogen-bond acceptors (Lipinski definition) is 3. The molecule has 0 unspecified atom stereocenters. The van der Waals surface area contributed by atoms with Gasteiger partial charge in [0.1, 0.15) is 18.4 Å². The van der Waals surface area contributed by atoms with Crippen LogP contribution in [-0.2, 0) is 9.59 Å². The molecule has 0 aliphatic carbocycles. The van der Waals surface area contributed by atoms with Crippen LogP contribution in [0.5, 0.6) is 5.75 Å². The number of likely N-dealkylation sites (N-methyl/N-ethyl adjacent to an activating group) is 1. The Hall–Kier alpha value is -1.75. The maximum Gasteiger partial charge on any atom is 0.245 e. The molecule has 0 N–H and O–H groups in total. The summed E-state index contributed by atoms with van der Waals surface area (Å²) in [5, 5.41) is 0.544. The fraction of sp³-hybridized carbons (Fsp3) is 0.579. The Kier molecular flexibility index (Phi) is 6.71. The SMILES string of the molecule is CCN1CC(=O)N(CCOc2cc(C)ccc2Cl)[C@@H](CC(C)C)C1=O. The van der Waals surface area contributed by atoms with Crippen molar-refractivity contribution in [3.05, 3.63) is 28.8 Å². The molecule has 25 heavy (non-hydrogen) atoms. The first-order valence-corrected chi connectivity index (χ1v) is 9.18. The highest BCUT2D eigenvalue weighted by atomic mass is 35.5. The van der Waals surface area contributed by atoms with Gasteiger partial charge in [0, 0.05) is 6.54 Å². The molecule has 1 heterocycles. The molecule has 0 saturated carbocycles. The summed E-state index contributed by atoms with van der Waals surface area (Å²) in [6.45, 7) is 9.38. The topological polar surface area (TPSA) is 49.9 Å². The fourth-order valence-electron chi connectivity index (χ4n) is 3.05. The normalized spacial score (nSPS) is 18.2. The van der Waals surface area contributed by atoms with E-state index < -0.39 is 6.04 Å². The standard InChI is InChI=1S/C19H27ClN2O3/c1-5-21-12-18(23)22(16(19(21)24)10-13(2)3)8-9-25-17-11-14(4)6-7-15(17)20/h6-7,11,13,16H,5,8-10,12H2,1-4H3/t16-/m0/s1. The van der Waals surface area contributed by atoms with E-state index >= 15 is 0 Å². The highest BCUT2D eigenvalue weighted by molar-refractivity contribution is 6.32. The summed E-state index contributed by atoms with van der Waals surface area (Å²) in [6.07, 6.45) is 0.659. The Morgan fingerprint density at radius 1 is 1.32 bits per heavy atom. The van der Waals surface area contributed by atoms with E-state index in [-0.39, 0.29) is 18.4 Å². The van der Waals surface area contributed by atoms with Crippen LogP contribution in [0.15, 0.2) is 18.2 Å². The minimum atomic E-state index is -0.405. The molecule has 1 saturated heterocycles. The van der Waals surface area contributed by atoms with Gasteiger partial charge in [0.15, 0.2) is 0 Å². The van der Waals surface area contributed by atoms with Crippen LogP contribution in [-0.4, -0.2) is 53.9 Å². The van der Waals surface area contributed by atoms with Gasteiger partial charge in [-0.1, -0.05) is 31.5 Å². The van der Waals surface area contributed by atoms with Gasteiger partial charge in [-0.05, 0) is 43.9 Å². The van der Waals surface area contributed by atoms with Gasteiger partial charge in [-0.15, -0.1) is 0 Å². The maximum absolute atomic E-state index is 12.7. The third-order valence-corrected chi connectivity index (χ3v) is 4.68. The summed E-state index contributed by atoms with van der Waals surface area (Å²) in [5.41, 5.74) is 1.06. The van der Waals surface area contributed by atoms with Crippen LogP contribution in [0.2, 0.25) is 5.02 Å². The van der Waals surface area contributed by atoms with Crippen molar-refractivity contribution in [2.75, 3.05) is 26.2 Å². The highest BCUT2D eigenvalue weighted by Crippen LogP contribution is 2.25. The number of ether oxygens (including phenoxy) is 1. The number of amides is 2. The van der Waals surface area contributed by atoms with E-state index in [0.717, 1.165) is 5.56 Å². The van der Waals surface area contributed by atoms with Gasteiger partial charge < -0.3 is 14.5 Å². The maximum atomic E-state index is 12.7. The van der Waals surface area contributed by atoms with E-state index in [4.69, 9.17) is 16.3 Å². The lowest BCUT2D eigenvalue weighted by Crippen LogP contribution is -2.60. The lowest BCUT2D eigenvalue weighted by atomic mass is 9.99. The zero-order valence-corrected chi connectivity index (χ0v) is 16.2. The van der Waals surface area contributed by atoms with Crippen LogP contribution in [0.1, 0.15) is 32.8 Å². The second kappa shape index (κ2) is 8.56. The molecule has 1 fully saturated rings. The molecule has 1 aromatic carbocycles. The van der Waals surface area contributed by atoms with E-state index in [0.29, 0.717) is 42.8 Å². The lowest BCUT2D eigenvalue weighted by Gasteiger charge is -2.40. The van der Waals surface area contributed by atoms with Crippen molar-refractivity contribution in [2.45, 2.75) is 40.2 Å². The van der Waals surface area contributed by atoms with E-state index in [1.165, 1.54) is 0 Å². The predicted molar refractivity (Wildman–Crippen MR) is 98.9 cm³/mol. The first-order chi connectivity index (χ1) is 11.8. The monoisotopic (exact) mass is 366 g/mol. The quantitative estimate of drug-likeness (QED) is 0.744. The van der Waals surface area contributed by atoms with Crippen molar-refractivity contribution in [3.8, 4) is 5.75 Å². The largest absolute Gasteiger partial charge is 0.490 e. The summed E-state index contributed by atoms with van der Waals surface area (Å²) < 4.78 is 5.76. The van der Waals surface area contributed by atoms with E-state index in [2.05, 4.69) is 13.8 Å². The number of hydrogen-bond donors (Lipinski definition) is 0. The Morgan fingerprint density at radius 2 is 2.04 bits per heavy atom. The number of rotatable bonds is 7. The second-order valence-corrected chi connectivity index (χ2v) is 7.27. The van der Waals surface area contributed by atoms with Gasteiger partial charge in [-0.2, -0.15) is 0 Å². The summed E-state index contributed by atoms with van der Waals surface area (Å²) in [4.78, 5) is 28.5. The molecule has 1 aliphatic rings. The summed E-state index contributed by atoms with van der Waals surface area (Å²) in [6, 6.07) is 5.18. The van der Waals surface area contributed by atoms with Crippen molar-refractivity contribution in [1.29, 1.82) is 0 Å². The molecular weight excluding hydrogens is 340 g/mol. The van der Waals surface area contributed by atoms with Gasteiger partial charge in [0.25, 0.3) is 0 Å². The first-order valence-electron chi connectivity index (χ1n) is 8.80. The fourth-order valence-corrected chi connectivity index (χ4v) is 3.22. The molecule has 0 spiro atoms. The zero-order valence-electron chi connectivity index (χ0n) is 15.4. The van der Waals surface area contributed by atoms with Crippen LogP contribution < -0.4 is 4.74 Å². The van der Waals surface area contributed by atoms with Crippen LogP contribution >= 0.6 is 11.6 Å². The van der Waals surface area contributed by atoms with Crippen LogP contribution in [0.3, 0.4) is 0 Å². The zero-order chi connectivity index (χ0) is 18.6. The summed E-state index contributed by atoms with van der Waals surface area (Å²) >= 11 is 6.14. The minimum absolute atomic E-state index is 0.0222. The van der Waals surface area contributed by atoms with Gasteiger partial charge >= 0.3 is 0 Å². The predicted octanol–water partition coefficient (Wildman–Crippen LogP) is 3.13. The van der Waals surface area contributed by atoms with E-state index in [9.17, 15) is 9.59 Å². The summed E-state index contributed by atoms with van der Waals surface area (Å²) in [7, 11) is 0. The van der Waals surface area contributed by atoms with Gasteiger partial charge in [0.2, 0.25) is 11.8 Å². The molecule has 0 bridgehead atoms. The molecule has 0 radical (unpaired) electrons. The van der Waals surface area contributed by atoms with Crippen LogP contribution in [0.25, 0.3) is 0 Å². The molecule has 138 valence electrons. The number of piperazine rings is 1. The molecule has 1 aliphatic heterocycles. The number of aryl methyl sites for hydroxylation is 1. The second-order valence-electron chi connectivity index (χ2n) is 6.87. The molecule has 6 heteroatoms. The first kappa shape index (κ1) is 19.6. The van der Waals surface area contributed by atoms with Crippen molar-refractivity contribution < 1.29 is 14.3 Å². The Labute approximate surface area is 154 Å². The Balaban J connectivity index is 2.05. The number of halogens is 1. The minimum Gasteiger partial charge on any atom is -0.490 e. The van der Waals surface area contributed by atoms with E-state index in [1.54, 1.807) is 15.9 Å². The third kappa shape index (κ3) is 4.88. The summed E-state index contributed by atoms with van der Waals surface area (Å²) in [5.74, 6) is 0.941. The molecule has 2 amide bonds. The van der Waals surface area contributed by atoms with Gasteiger partial charge in [-0.3, -0.25) is 9.59 Å². The van der Waals surface area contributed by atoms with Gasteiger partial charge in [-0.25, -0.2) is 0 Å². The molecule has 1 aromatic rings. The smallest absolute Gasteiger partial charge is 0.245 e. The van der Waals surface area contributed by atoms with Gasteiger partial charge in [0.05, 0.1) is 18.1 Å². The van der Waals surface area contributed by atoms with Crippen molar-refractivity contribution in [1.82, 2.24) is 9.80 Å². The number of benzene rings is 1. The average Bonchev–Trinajstić information content (AvgIpc) is 2.55. The number of nitrogens with zero attached hydrogens (tertiary/aromatic N) is 2.